The first-order chi connectivity index (χ1) is 5.45. The van der Waals surface area contributed by atoms with Gasteiger partial charge in [0.2, 0.25) is 0 Å². The van der Waals surface area contributed by atoms with Crippen molar-refractivity contribution in [3.05, 3.63) is 0 Å². The molecule has 72 valence electrons. The Kier molecular flexibility index (Phi) is 5.14. The van der Waals surface area contributed by atoms with Gasteiger partial charge >= 0.3 is 0 Å². The number of carbonyl (C=O) groups is 1. The first-order valence-electron chi connectivity index (χ1n) is 4.57. The van der Waals surface area contributed by atoms with Crippen LogP contribution in [0.15, 0.2) is 0 Å². The summed E-state index contributed by atoms with van der Waals surface area (Å²) in [4.78, 5) is 10.0. The van der Waals surface area contributed by atoms with Crippen molar-refractivity contribution in [3.63, 3.8) is 0 Å². The lowest BCUT2D eigenvalue weighted by molar-refractivity contribution is -0.109. The number of aliphatic hydroxyl groups is 1. The van der Waals surface area contributed by atoms with Gasteiger partial charge in [-0.05, 0) is 18.3 Å². The lowest BCUT2D eigenvalue weighted by atomic mass is 9.89. The van der Waals surface area contributed by atoms with Crippen molar-refractivity contribution >= 4 is 6.29 Å². The fraction of sp³-hybridized carbons (Fsp3) is 0.900. The SMILES string of the molecule is CC(C)(C)CCCC(O)CC=O. The minimum absolute atomic E-state index is 0.282. The lowest BCUT2D eigenvalue weighted by Gasteiger charge is -2.18. The van der Waals surface area contributed by atoms with Crippen molar-refractivity contribution in [1.82, 2.24) is 0 Å². The normalized spacial score (nSPS) is 14.3. The molecule has 1 unspecified atom stereocenters. The highest BCUT2D eigenvalue weighted by atomic mass is 16.3. The van der Waals surface area contributed by atoms with E-state index in [0.29, 0.717) is 5.41 Å². The van der Waals surface area contributed by atoms with Crippen molar-refractivity contribution in [1.29, 1.82) is 0 Å². The highest BCUT2D eigenvalue weighted by Crippen LogP contribution is 2.22. The molecule has 2 nitrogen and oxygen atoms in total. The number of hydrogen-bond donors (Lipinski definition) is 1. The molecule has 0 aliphatic carbocycles. The number of hydrogen-bond acceptors (Lipinski definition) is 2. The quantitative estimate of drug-likeness (QED) is 0.645. The molecule has 12 heavy (non-hydrogen) atoms. The Labute approximate surface area is 75.0 Å². The average Bonchev–Trinajstić information content (AvgIpc) is 1.84. The maximum atomic E-state index is 10.0. The molecule has 0 saturated heterocycles. The maximum absolute atomic E-state index is 10.0. The van der Waals surface area contributed by atoms with E-state index in [0.717, 1.165) is 25.5 Å². The minimum atomic E-state index is -0.426. The summed E-state index contributed by atoms with van der Waals surface area (Å²) in [6.07, 6.45) is 3.48. The fourth-order valence-corrected chi connectivity index (χ4v) is 1.10. The summed E-state index contributed by atoms with van der Waals surface area (Å²) in [7, 11) is 0. The predicted molar refractivity (Wildman–Crippen MR) is 50.0 cm³/mol. The van der Waals surface area contributed by atoms with E-state index < -0.39 is 6.10 Å². The third kappa shape index (κ3) is 7.73. The van der Waals surface area contributed by atoms with E-state index in [1.165, 1.54) is 0 Å². The van der Waals surface area contributed by atoms with E-state index in [4.69, 9.17) is 0 Å². The van der Waals surface area contributed by atoms with E-state index in [9.17, 15) is 9.90 Å². The molecule has 0 spiro atoms. The molecular weight excluding hydrogens is 152 g/mol. The van der Waals surface area contributed by atoms with Crippen LogP contribution in [-0.2, 0) is 4.79 Å². The van der Waals surface area contributed by atoms with E-state index in [1.54, 1.807) is 0 Å². The summed E-state index contributed by atoms with van der Waals surface area (Å²) in [5.41, 5.74) is 0.334. The lowest BCUT2D eigenvalue weighted by Crippen LogP contribution is -2.10. The molecule has 0 aromatic rings. The zero-order valence-electron chi connectivity index (χ0n) is 8.34. The molecular formula is C10H20O2. The first-order valence-corrected chi connectivity index (χ1v) is 4.57. The van der Waals surface area contributed by atoms with Crippen LogP contribution in [0.3, 0.4) is 0 Å². The Balaban J connectivity index is 3.36. The molecule has 0 aliphatic heterocycles. The highest BCUT2D eigenvalue weighted by molar-refractivity contribution is 5.49. The van der Waals surface area contributed by atoms with Crippen LogP contribution in [0.4, 0.5) is 0 Å². The number of aliphatic hydroxyl groups excluding tert-OH is 1. The van der Waals surface area contributed by atoms with Crippen molar-refractivity contribution < 1.29 is 9.90 Å². The van der Waals surface area contributed by atoms with Gasteiger partial charge in [-0.25, -0.2) is 0 Å². The molecule has 1 atom stereocenters. The summed E-state index contributed by atoms with van der Waals surface area (Å²) in [6, 6.07) is 0. The summed E-state index contributed by atoms with van der Waals surface area (Å²) < 4.78 is 0. The molecule has 0 aromatic carbocycles. The van der Waals surface area contributed by atoms with Crippen molar-refractivity contribution in [2.75, 3.05) is 0 Å². The van der Waals surface area contributed by atoms with Gasteiger partial charge in [0.1, 0.15) is 6.29 Å². The van der Waals surface area contributed by atoms with Gasteiger partial charge in [-0.15, -0.1) is 0 Å². The van der Waals surface area contributed by atoms with E-state index in [1.807, 2.05) is 0 Å². The van der Waals surface area contributed by atoms with Gasteiger partial charge in [-0.2, -0.15) is 0 Å². The first kappa shape index (κ1) is 11.6. The molecule has 0 aromatic heterocycles. The molecule has 0 rings (SSSR count). The Morgan fingerprint density at radius 3 is 2.42 bits per heavy atom. The molecule has 0 heterocycles. The maximum Gasteiger partial charge on any atom is 0.122 e. The van der Waals surface area contributed by atoms with E-state index >= 15 is 0 Å². The molecule has 0 bridgehead atoms. The topological polar surface area (TPSA) is 37.3 Å². The van der Waals surface area contributed by atoms with Crippen LogP contribution in [0.25, 0.3) is 0 Å². The van der Waals surface area contributed by atoms with Crippen LogP contribution in [0.1, 0.15) is 46.5 Å². The number of aldehydes is 1. The summed E-state index contributed by atoms with van der Waals surface area (Å²) in [5, 5.41) is 9.21. The Bertz CT molecular complexity index is 124. The molecule has 0 fully saturated rings. The Morgan fingerprint density at radius 2 is 2.00 bits per heavy atom. The van der Waals surface area contributed by atoms with Crippen LogP contribution < -0.4 is 0 Å². The minimum Gasteiger partial charge on any atom is -0.393 e. The molecule has 0 saturated carbocycles. The Morgan fingerprint density at radius 1 is 1.42 bits per heavy atom. The highest BCUT2D eigenvalue weighted by Gasteiger charge is 2.11. The van der Waals surface area contributed by atoms with Gasteiger partial charge in [0.15, 0.2) is 0 Å². The fourth-order valence-electron chi connectivity index (χ4n) is 1.10. The van der Waals surface area contributed by atoms with Gasteiger partial charge in [-0.1, -0.05) is 27.2 Å². The monoisotopic (exact) mass is 172 g/mol. The van der Waals surface area contributed by atoms with Crippen LogP contribution in [0.5, 0.6) is 0 Å². The summed E-state index contributed by atoms with van der Waals surface area (Å²) >= 11 is 0. The van der Waals surface area contributed by atoms with Gasteiger partial charge in [0, 0.05) is 6.42 Å². The van der Waals surface area contributed by atoms with Gasteiger partial charge in [0.25, 0.3) is 0 Å². The standard InChI is InChI=1S/C10H20O2/c1-10(2,3)7-4-5-9(12)6-8-11/h8-9,12H,4-7H2,1-3H3. The van der Waals surface area contributed by atoms with Crippen LogP contribution in [0, 0.1) is 5.41 Å². The van der Waals surface area contributed by atoms with Crippen LogP contribution in [0.2, 0.25) is 0 Å². The molecule has 0 radical (unpaired) electrons. The molecule has 0 aliphatic rings. The second-order valence-electron chi connectivity index (χ2n) is 4.51. The van der Waals surface area contributed by atoms with E-state index in [-0.39, 0.29) is 6.42 Å². The predicted octanol–water partition coefficient (Wildman–Crippen LogP) is 2.15. The zero-order valence-corrected chi connectivity index (χ0v) is 8.34. The summed E-state index contributed by atoms with van der Waals surface area (Å²) in [6.45, 7) is 6.54. The summed E-state index contributed by atoms with van der Waals surface area (Å²) in [5.74, 6) is 0. The third-order valence-corrected chi connectivity index (χ3v) is 1.83. The van der Waals surface area contributed by atoms with Gasteiger partial charge in [-0.3, -0.25) is 0 Å². The second kappa shape index (κ2) is 5.31. The van der Waals surface area contributed by atoms with Crippen molar-refractivity contribution in [2.45, 2.75) is 52.6 Å². The van der Waals surface area contributed by atoms with Crippen LogP contribution >= 0.6 is 0 Å². The molecule has 1 N–H and O–H groups in total. The largest absolute Gasteiger partial charge is 0.393 e. The third-order valence-electron chi connectivity index (χ3n) is 1.83. The van der Waals surface area contributed by atoms with Gasteiger partial charge < -0.3 is 9.90 Å². The van der Waals surface area contributed by atoms with Gasteiger partial charge in [0.05, 0.1) is 6.10 Å². The molecule has 2 heteroatoms. The molecule has 0 amide bonds. The number of rotatable bonds is 5. The van der Waals surface area contributed by atoms with E-state index in [2.05, 4.69) is 20.8 Å². The zero-order chi connectivity index (χ0) is 9.61. The average molecular weight is 172 g/mol. The smallest absolute Gasteiger partial charge is 0.122 e. The van der Waals surface area contributed by atoms with Crippen molar-refractivity contribution in [2.24, 2.45) is 5.41 Å². The number of carbonyl (C=O) groups excluding carboxylic acids is 1. The van der Waals surface area contributed by atoms with Crippen molar-refractivity contribution in [3.8, 4) is 0 Å². The van der Waals surface area contributed by atoms with Crippen LogP contribution in [-0.4, -0.2) is 17.5 Å². The second-order valence-corrected chi connectivity index (χ2v) is 4.51. The Hall–Kier alpha value is -0.370.